The lowest BCUT2D eigenvalue weighted by atomic mass is 10.0. The van der Waals surface area contributed by atoms with Crippen molar-refractivity contribution in [1.29, 1.82) is 0 Å². The molecule has 0 spiro atoms. The summed E-state index contributed by atoms with van der Waals surface area (Å²) in [6.07, 6.45) is 0. The average Bonchev–Trinajstić information content (AvgIpc) is 2.78. The van der Waals surface area contributed by atoms with E-state index in [1.54, 1.807) is 0 Å². The van der Waals surface area contributed by atoms with Crippen LogP contribution in [0.5, 0.6) is 0 Å². The van der Waals surface area contributed by atoms with E-state index in [9.17, 15) is 0 Å². The lowest BCUT2D eigenvalue weighted by molar-refractivity contribution is 1.30. The minimum absolute atomic E-state index is 1.14. The predicted molar refractivity (Wildman–Crippen MR) is 78.0 cm³/mol. The van der Waals surface area contributed by atoms with Crippen molar-refractivity contribution in [3.63, 3.8) is 0 Å². The molecule has 0 aliphatic heterocycles. The van der Waals surface area contributed by atoms with Gasteiger partial charge in [0.1, 0.15) is 0 Å². The number of aromatic nitrogens is 1. The monoisotopic (exact) mass is 236 g/mol. The van der Waals surface area contributed by atoms with Crippen molar-refractivity contribution in [3.8, 4) is 11.1 Å². The molecule has 1 heterocycles. The quantitative estimate of drug-likeness (QED) is 0.686. The smallest absolute Gasteiger partial charge is 0.0456 e. The highest BCUT2D eigenvalue weighted by molar-refractivity contribution is 5.86. The van der Waals surface area contributed by atoms with E-state index in [4.69, 9.17) is 0 Å². The van der Waals surface area contributed by atoms with Gasteiger partial charge in [0.25, 0.3) is 0 Å². The number of H-pyrrole nitrogens is 1. The fourth-order valence-corrected chi connectivity index (χ4v) is 2.29. The molecule has 1 aromatic heterocycles. The number of aryl methyl sites for hydroxylation is 1. The first-order chi connectivity index (χ1) is 8.76. The highest BCUT2D eigenvalue weighted by Crippen LogP contribution is 2.25. The van der Waals surface area contributed by atoms with E-state index in [-0.39, 0.29) is 0 Å². The third kappa shape index (κ3) is 1.86. The van der Waals surface area contributed by atoms with Crippen molar-refractivity contribution in [1.82, 2.24) is 4.98 Å². The van der Waals surface area contributed by atoms with Gasteiger partial charge in [-0.25, -0.2) is 0 Å². The van der Waals surface area contributed by atoms with Crippen LogP contribution < -0.4 is 5.32 Å². The molecule has 2 heteroatoms. The SMILES string of the molecule is CNc1ccc(-c2ccc3[nH]c(C)cc3c2)cc1. The molecule has 3 rings (SSSR count). The minimum atomic E-state index is 1.14. The summed E-state index contributed by atoms with van der Waals surface area (Å²) in [5.74, 6) is 0. The first-order valence-corrected chi connectivity index (χ1v) is 6.14. The van der Waals surface area contributed by atoms with Crippen molar-refractivity contribution in [2.75, 3.05) is 12.4 Å². The summed E-state index contributed by atoms with van der Waals surface area (Å²) >= 11 is 0. The van der Waals surface area contributed by atoms with Gasteiger partial charge in [-0.15, -0.1) is 0 Å². The largest absolute Gasteiger partial charge is 0.388 e. The summed E-state index contributed by atoms with van der Waals surface area (Å²) < 4.78 is 0. The molecule has 0 saturated heterocycles. The summed E-state index contributed by atoms with van der Waals surface area (Å²) in [7, 11) is 1.93. The van der Waals surface area contributed by atoms with Crippen LogP contribution in [0.1, 0.15) is 5.69 Å². The number of rotatable bonds is 2. The van der Waals surface area contributed by atoms with Crippen molar-refractivity contribution in [2.45, 2.75) is 6.92 Å². The molecular formula is C16H16N2. The van der Waals surface area contributed by atoms with Crippen LogP contribution in [0.2, 0.25) is 0 Å². The van der Waals surface area contributed by atoms with Gasteiger partial charge in [-0.1, -0.05) is 18.2 Å². The number of fused-ring (bicyclic) bond motifs is 1. The fourth-order valence-electron chi connectivity index (χ4n) is 2.29. The Morgan fingerprint density at radius 3 is 2.33 bits per heavy atom. The molecule has 0 fully saturated rings. The summed E-state index contributed by atoms with van der Waals surface area (Å²) in [5.41, 5.74) is 6.03. The van der Waals surface area contributed by atoms with E-state index in [2.05, 4.69) is 65.8 Å². The van der Waals surface area contributed by atoms with E-state index < -0.39 is 0 Å². The third-order valence-electron chi connectivity index (χ3n) is 3.26. The average molecular weight is 236 g/mol. The Morgan fingerprint density at radius 2 is 1.61 bits per heavy atom. The zero-order valence-corrected chi connectivity index (χ0v) is 10.6. The van der Waals surface area contributed by atoms with E-state index in [1.165, 1.54) is 27.7 Å². The van der Waals surface area contributed by atoms with Gasteiger partial charge in [0, 0.05) is 29.3 Å². The van der Waals surface area contributed by atoms with Crippen molar-refractivity contribution >= 4 is 16.6 Å². The highest BCUT2D eigenvalue weighted by atomic mass is 14.8. The standard InChI is InChI=1S/C16H16N2/c1-11-9-14-10-13(5-8-16(14)18-11)12-3-6-15(17-2)7-4-12/h3-10,17-18H,1-2H3. The molecule has 0 saturated carbocycles. The van der Waals surface area contributed by atoms with Crippen molar-refractivity contribution in [2.24, 2.45) is 0 Å². The van der Waals surface area contributed by atoms with E-state index >= 15 is 0 Å². The van der Waals surface area contributed by atoms with Gasteiger partial charge >= 0.3 is 0 Å². The van der Waals surface area contributed by atoms with Crippen LogP contribution in [0, 0.1) is 6.92 Å². The second kappa shape index (κ2) is 4.22. The maximum Gasteiger partial charge on any atom is 0.0456 e. The van der Waals surface area contributed by atoms with Crippen LogP contribution in [0.15, 0.2) is 48.5 Å². The molecule has 0 bridgehead atoms. The second-order valence-electron chi connectivity index (χ2n) is 4.58. The molecule has 3 aromatic rings. The fraction of sp³-hybridized carbons (Fsp3) is 0.125. The maximum absolute atomic E-state index is 3.35. The summed E-state index contributed by atoms with van der Waals surface area (Å²) in [4.78, 5) is 3.35. The summed E-state index contributed by atoms with van der Waals surface area (Å²) in [6, 6.07) is 17.2. The second-order valence-corrected chi connectivity index (χ2v) is 4.58. The Balaban J connectivity index is 2.06. The first kappa shape index (κ1) is 10.9. The molecule has 0 unspecified atom stereocenters. The Bertz CT molecular complexity index is 678. The zero-order valence-electron chi connectivity index (χ0n) is 10.6. The molecule has 2 nitrogen and oxygen atoms in total. The van der Waals surface area contributed by atoms with Gasteiger partial charge in [0.2, 0.25) is 0 Å². The van der Waals surface area contributed by atoms with Gasteiger partial charge in [-0.05, 0) is 48.4 Å². The molecule has 2 aromatic carbocycles. The Morgan fingerprint density at radius 1 is 0.889 bits per heavy atom. The summed E-state index contributed by atoms with van der Waals surface area (Å²) in [6.45, 7) is 2.08. The predicted octanol–water partition coefficient (Wildman–Crippen LogP) is 4.19. The van der Waals surface area contributed by atoms with Crippen LogP contribution in [0.25, 0.3) is 22.0 Å². The van der Waals surface area contributed by atoms with Crippen LogP contribution in [-0.4, -0.2) is 12.0 Å². The van der Waals surface area contributed by atoms with Crippen LogP contribution in [0.4, 0.5) is 5.69 Å². The molecule has 90 valence electrons. The first-order valence-electron chi connectivity index (χ1n) is 6.14. The molecular weight excluding hydrogens is 220 g/mol. The number of nitrogens with one attached hydrogen (secondary N) is 2. The minimum Gasteiger partial charge on any atom is -0.388 e. The molecule has 0 aliphatic rings. The molecule has 0 atom stereocenters. The number of benzene rings is 2. The number of anilines is 1. The van der Waals surface area contributed by atoms with E-state index in [0.29, 0.717) is 0 Å². The van der Waals surface area contributed by atoms with E-state index in [1.807, 2.05) is 7.05 Å². The maximum atomic E-state index is 3.35. The topological polar surface area (TPSA) is 27.8 Å². The molecule has 2 N–H and O–H groups in total. The lowest BCUT2D eigenvalue weighted by Crippen LogP contribution is -1.86. The highest BCUT2D eigenvalue weighted by Gasteiger charge is 2.01. The number of hydrogen-bond donors (Lipinski definition) is 2. The van der Waals surface area contributed by atoms with Crippen molar-refractivity contribution in [3.05, 3.63) is 54.2 Å². The van der Waals surface area contributed by atoms with Gasteiger partial charge in [-0.2, -0.15) is 0 Å². The third-order valence-corrected chi connectivity index (χ3v) is 3.26. The van der Waals surface area contributed by atoms with Crippen LogP contribution in [0.3, 0.4) is 0 Å². The van der Waals surface area contributed by atoms with Gasteiger partial charge in [0.05, 0.1) is 0 Å². The Labute approximate surface area is 107 Å². The Hall–Kier alpha value is -2.22. The normalized spacial score (nSPS) is 10.8. The zero-order chi connectivity index (χ0) is 12.5. The number of aromatic amines is 1. The van der Waals surface area contributed by atoms with Gasteiger partial charge < -0.3 is 10.3 Å². The molecule has 0 aliphatic carbocycles. The van der Waals surface area contributed by atoms with Crippen LogP contribution in [-0.2, 0) is 0 Å². The van der Waals surface area contributed by atoms with Crippen molar-refractivity contribution < 1.29 is 0 Å². The molecule has 0 radical (unpaired) electrons. The molecule has 18 heavy (non-hydrogen) atoms. The van der Waals surface area contributed by atoms with Crippen LogP contribution >= 0.6 is 0 Å². The molecule has 0 amide bonds. The van der Waals surface area contributed by atoms with Gasteiger partial charge in [-0.3, -0.25) is 0 Å². The summed E-state index contributed by atoms with van der Waals surface area (Å²) in [5, 5.41) is 4.40. The lowest BCUT2D eigenvalue weighted by Gasteiger charge is -2.04. The Kier molecular flexibility index (Phi) is 2.56. The number of hydrogen-bond acceptors (Lipinski definition) is 1. The van der Waals surface area contributed by atoms with Gasteiger partial charge in [0.15, 0.2) is 0 Å². The van der Waals surface area contributed by atoms with E-state index in [0.717, 1.165) is 5.69 Å².